The fraction of sp³-hybridized carbons (Fsp3) is 0.897. The van der Waals surface area contributed by atoms with Gasteiger partial charge in [0.2, 0.25) is 0 Å². The van der Waals surface area contributed by atoms with Crippen molar-refractivity contribution in [3.8, 4) is 0 Å². The van der Waals surface area contributed by atoms with E-state index in [2.05, 4.69) is 54.1 Å². The molecule has 2 N–H and O–H groups in total. The first kappa shape index (κ1) is 43.8. The Balaban J connectivity index is 3.57. The van der Waals surface area contributed by atoms with Gasteiger partial charge in [-0.2, -0.15) is 0 Å². The van der Waals surface area contributed by atoms with Gasteiger partial charge in [0, 0.05) is 5.33 Å². The van der Waals surface area contributed by atoms with Gasteiger partial charge in [-0.1, -0.05) is 157 Å². The third-order valence-corrected chi connectivity index (χ3v) is 9.14. The maximum Gasteiger partial charge on any atom is 0.155 e. The Labute approximate surface area is 283 Å². The van der Waals surface area contributed by atoms with Crippen LogP contribution in [0.5, 0.6) is 0 Å². The standard InChI is InChI=1S/C39H75BrO4/c1-3-5-7-9-11-13-15-17-19-21-23-25-27-29-31-33-38(41)43-36-37(35-40)44-39(42)34-32-30-28-26-24-22-20-18-16-14-12-10-8-6-4-2/h17-20,37-39,41-42H,3-16,21-36H2,1-2H3/b19-17-,20-18-. The molecule has 0 aromatic heterocycles. The van der Waals surface area contributed by atoms with Crippen molar-refractivity contribution in [3.05, 3.63) is 24.3 Å². The number of alkyl halides is 1. The van der Waals surface area contributed by atoms with Crippen LogP contribution >= 0.6 is 15.9 Å². The van der Waals surface area contributed by atoms with Crippen LogP contribution in [-0.2, 0) is 9.47 Å². The first-order chi connectivity index (χ1) is 21.6. The molecular weight excluding hydrogens is 612 g/mol. The lowest BCUT2D eigenvalue weighted by Gasteiger charge is -2.21. The molecule has 0 aromatic carbocycles. The van der Waals surface area contributed by atoms with Crippen LogP contribution in [0.15, 0.2) is 24.3 Å². The van der Waals surface area contributed by atoms with E-state index in [-0.39, 0.29) is 6.10 Å². The van der Waals surface area contributed by atoms with Gasteiger partial charge in [-0.15, -0.1) is 0 Å². The highest BCUT2D eigenvalue weighted by atomic mass is 79.9. The van der Waals surface area contributed by atoms with E-state index in [1.54, 1.807) is 0 Å². The molecule has 5 heteroatoms. The SMILES string of the molecule is CCCCCCCC/C=C\CCCCCCCC(O)OCC(CBr)OC(O)CCCCCCC/C=C\CCCCCCCC. The zero-order valence-electron chi connectivity index (χ0n) is 29.3. The van der Waals surface area contributed by atoms with Crippen LogP contribution < -0.4 is 0 Å². The monoisotopic (exact) mass is 686 g/mol. The summed E-state index contributed by atoms with van der Waals surface area (Å²) < 4.78 is 11.4. The van der Waals surface area contributed by atoms with Crippen molar-refractivity contribution in [2.24, 2.45) is 0 Å². The minimum absolute atomic E-state index is 0.253. The average molecular weight is 688 g/mol. The molecule has 0 spiro atoms. The second kappa shape index (κ2) is 37.3. The number of allylic oxidation sites excluding steroid dienone is 4. The van der Waals surface area contributed by atoms with E-state index >= 15 is 0 Å². The molecule has 262 valence electrons. The van der Waals surface area contributed by atoms with Crippen LogP contribution in [0, 0.1) is 0 Å². The Bertz CT molecular complexity index is 597. The molecule has 0 aliphatic rings. The van der Waals surface area contributed by atoms with Gasteiger partial charge in [0.05, 0.1) is 12.7 Å². The molecule has 0 rings (SSSR count). The maximum absolute atomic E-state index is 10.3. The highest BCUT2D eigenvalue weighted by Gasteiger charge is 2.16. The van der Waals surface area contributed by atoms with Crippen molar-refractivity contribution in [3.63, 3.8) is 0 Å². The van der Waals surface area contributed by atoms with Gasteiger partial charge in [0.15, 0.2) is 12.6 Å². The van der Waals surface area contributed by atoms with Gasteiger partial charge >= 0.3 is 0 Å². The Morgan fingerprint density at radius 3 is 1.20 bits per heavy atom. The quantitative estimate of drug-likeness (QED) is 0.0298. The molecule has 4 nitrogen and oxygen atoms in total. The number of aliphatic hydroxyl groups excluding tert-OH is 2. The van der Waals surface area contributed by atoms with E-state index < -0.39 is 12.6 Å². The minimum atomic E-state index is -0.770. The highest BCUT2D eigenvalue weighted by Crippen LogP contribution is 2.15. The van der Waals surface area contributed by atoms with E-state index in [1.165, 1.54) is 141 Å². The fourth-order valence-electron chi connectivity index (χ4n) is 5.49. The van der Waals surface area contributed by atoms with Crippen molar-refractivity contribution in [2.45, 2.75) is 212 Å². The number of unbranched alkanes of at least 4 members (excludes halogenated alkanes) is 22. The van der Waals surface area contributed by atoms with Crippen LogP contribution in [-0.4, -0.2) is 40.8 Å². The number of aliphatic hydroxyl groups is 2. The van der Waals surface area contributed by atoms with Crippen LogP contribution in [0.4, 0.5) is 0 Å². The van der Waals surface area contributed by atoms with Crippen molar-refractivity contribution in [2.75, 3.05) is 11.9 Å². The number of ether oxygens (including phenoxy) is 2. The third kappa shape index (κ3) is 34.7. The summed E-state index contributed by atoms with van der Waals surface area (Å²) in [5.41, 5.74) is 0. The molecule has 0 amide bonds. The molecule has 0 radical (unpaired) electrons. The number of halogens is 1. The summed E-state index contributed by atoms with van der Waals surface area (Å²) in [6.07, 6.45) is 42.0. The molecule has 0 saturated heterocycles. The molecule has 0 fully saturated rings. The predicted molar refractivity (Wildman–Crippen MR) is 196 cm³/mol. The van der Waals surface area contributed by atoms with Crippen molar-refractivity contribution in [1.29, 1.82) is 0 Å². The summed E-state index contributed by atoms with van der Waals surface area (Å²) in [6, 6.07) is 0. The Morgan fingerprint density at radius 2 is 0.818 bits per heavy atom. The Kier molecular flexibility index (Phi) is 37.1. The average Bonchev–Trinajstić information content (AvgIpc) is 3.02. The van der Waals surface area contributed by atoms with E-state index in [1.807, 2.05) is 0 Å². The first-order valence-corrected chi connectivity index (χ1v) is 20.2. The van der Waals surface area contributed by atoms with Crippen LogP contribution in [0.3, 0.4) is 0 Å². The summed E-state index contributed by atoms with van der Waals surface area (Å²) >= 11 is 3.46. The zero-order chi connectivity index (χ0) is 32.2. The van der Waals surface area contributed by atoms with Gasteiger partial charge in [0.1, 0.15) is 0 Å². The predicted octanol–water partition coefficient (Wildman–Crippen LogP) is 12.5. The molecule has 0 saturated carbocycles. The molecule has 0 bridgehead atoms. The topological polar surface area (TPSA) is 58.9 Å². The Hall–Kier alpha value is -0.200. The summed E-state index contributed by atoms with van der Waals surface area (Å²) in [6.45, 7) is 4.83. The zero-order valence-corrected chi connectivity index (χ0v) is 30.9. The molecule has 0 aliphatic heterocycles. The largest absolute Gasteiger partial charge is 0.368 e. The minimum Gasteiger partial charge on any atom is -0.368 e. The van der Waals surface area contributed by atoms with E-state index in [0.29, 0.717) is 24.8 Å². The second-order valence-corrected chi connectivity index (χ2v) is 13.5. The van der Waals surface area contributed by atoms with E-state index in [9.17, 15) is 10.2 Å². The molecule has 3 atom stereocenters. The van der Waals surface area contributed by atoms with Crippen LogP contribution in [0.25, 0.3) is 0 Å². The van der Waals surface area contributed by atoms with Gasteiger partial charge in [-0.25, -0.2) is 0 Å². The fourth-order valence-corrected chi connectivity index (χ4v) is 5.83. The summed E-state index contributed by atoms with van der Waals surface area (Å²) in [5, 5.41) is 21.1. The van der Waals surface area contributed by atoms with Crippen molar-refractivity contribution < 1.29 is 19.7 Å². The van der Waals surface area contributed by atoms with Crippen molar-refractivity contribution >= 4 is 15.9 Å². The summed E-state index contributed by atoms with van der Waals surface area (Å²) in [7, 11) is 0. The molecular formula is C39H75BrO4. The molecule has 44 heavy (non-hydrogen) atoms. The van der Waals surface area contributed by atoms with Gasteiger partial charge in [-0.05, 0) is 77.0 Å². The summed E-state index contributed by atoms with van der Waals surface area (Å²) in [5.74, 6) is 0. The van der Waals surface area contributed by atoms with Gasteiger partial charge in [-0.3, -0.25) is 0 Å². The smallest absolute Gasteiger partial charge is 0.155 e. The van der Waals surface area contributed by atoms with Gasteiger partial charge in [0.25, 0.3) is 0 Å². The lowest BCUT2D eigenvalue weighted by molar-refractivity contribution is -0.177. The van der Waals surface area contributed by atoms with Crippen LogP contribution in [0.2, 0.25) is 0 Å². The highest BCUT2D eigenvalue weighted by molar-refractivity contribution is 9.09. The number of hydrogen-bond donors (Lipinski definition) is 2. The molecule has 3 unspecified atom stereocenters. The van der Waals surface area contributed by atoms with E-state index in [0.717, 1.165) is 25.7 Å². The van der Waals surface area contributed by atoms with Crippen LogP contribution in [0.1, 0.15) is 194 Å². The normalized spacial score (nSPS) is 14.2. The lowest BCUT2D eigenvalue weighted by Crippen LogP contribution is -2.30. The summed E-state index contributed by atoms with van der Waals surface area (Å²) in [4.78, 5) is 0. The molecule has 0 aromatic rings. The molecule has 0 aliphatic carbocycles. The van der Waals surface area contributed by atoms with E-state index in [4.69, 9.17) is 9.47 Å². The third-order valence-electron chi connectivity index (χ3n) is 8.42. The first-order valence-electron chi connectivity index (χ1n) is 19.1. The second-order valence-electron chi connectivity index (χ2n) is 12.9. The van der Waals surface area contributed by atoms with Crippen molar-refractivity contribution in [1.82, 2.24) is 0 Å². The Morgan fingerprint density at radius 1 is 0.477 bits per heavy atom. The lowest BCUT2D eigenvalue weighted by atomic mass is 10.1. The maximum atomic E-state index is 10.3. The number of hydrogen-bond acceptors (Lipinski definition) is 4. The van der Waals surface area contributed by atoms with Gasteiger partial charge < -0.3 is 19.7 Å². The number of rotatable bonds is 36. The molecule has 0 heterocycles.